The van der Waals surface area contributed by atoms with Gasteiger partial charge in [0, 0.05) is 36.0 Å². The molecular weight excluding hydrogens is 474 g/mol. The zero-order valence-corrected chi connectivity index (χ0v) is 19.0. The number of carbonyl (C=O) groups is 1. The molecule has 0 radical (unpaired) electrons. The van der Waals surface area contributed by atoms with Crippen molar-refractivity contribution in [1.29, 1.82) is 0 Å². The van der Waals surface area contributed by atoms with Crippen LogP contribution in [0.3, 0.4) is 0 Å². The number of rotatable bonds is 8. The highest BCUT2D eigenvalue weighted by Gasteiger charge is 2.42. The number of sulfonamides is 1. The standard InChI is InChI=1S/C22H19ClF2N4O3S/c1-13-16(14-4-7-26-19(8-14)28-11-22(12-30)5-6-22)10-27-21(23)20(13)29-33(31,32)18-3-2-15(24)9-17(18)25/h2-4,7-10,12,29H,5-6,11H2,1H3,(H,26,28). The molecule has 2 aromatic heterocycles. The number of carbonyl (C=O) groups excluding carboxylic acids is 1. The molecular formula is C22H19ClF2N4O3S. The molecule has 0 bridgehead atoms. The van der Waals surface area contributed by atoms with Crippen LogP contribution in [0, 0.1) is 24.0 Å². The first-order valence-electron chi connectivity index (χ1n) is 9.94. The molecule has 7 nitrogen and oxygen atoms in total. The molecule has 0 aliphatic heterocycles. The summed E-state index contributed by atoms with van der Waals surface area (Å²) in [6.45, 7) is 2.11. The van der Waals surface area contributed by atoms with Gasteiger partial charge in [-0.05, 0) is 55.2 Å². The fourth-order valence-electron chi connectivity index (χ4n) is 3.32. The van der Waals surface area contributed by atoms with Crippen LogP contribution in [0.25, 0.3) is 11.1 Å². The van der Waals surface area contributed by atoms with Crippen LogP contribution < -0.4 is 10.0 Å². The Kier molecular flexibility index (Phi) is 6.06. The van der Waals surface area contributed by atoms with E-state index in [1.165, 1.54) is 6.20 Å². The van der Waals surface area contributed by atoms with E-state index >= 15 is 0 Å². The maximum absolute atomic E-state index is 14.1. The second-order valence-corrected chi connectivity index (χ2v) is 9.92. The molecule has 0 saturated heterocycles. The number of benzene rings is 1. The Hall–Kier alpha value is -3.11. The highest BCUT2D eigenvalue weighted by Crippen LogP contribution is 2.43. The molecule has 1 aliphatic carbocycles. The van der Waals surface area contributed by atoms with Gasteiger partial charge >= 0.3 is 0 Å². The Balaban J connectivity index is 1.65. The van der Waals surface area contributed by atoms with E-state index in [4.69, 9.17) is 11.6 Å². The molecule has 1 saturated carbocycles. The van der Waals surface area contributed by atoms with Gasteiger partial charge in [0.15, 0.2) is 5.15 Å². The van der Waals surface area contributed by atoms with Gasteiger partial charge in [-0.3, -0.25) is 4.72 Å². The van der Waals surface area contributed by atoms with E-state index < -0.39 is 26.6 Å². The van der Waals surface area contributed by atoms with Gasteiger partial charge < -0.3 is 10.1 Å². The first kappa shape index (κ1) is 23.1. The van der Waals surface area contributed by atoms with Crippen LogP contribution >= 0.6 is 11.6 Å². The SMILES string of the molecule is Cc1c(-c2ccnc(NCC3(C=O)CC3)c2)cnc(Cl)c1NS(=O)(=O)c1ccc(F)cc1F. The molecule has 2 heterocycles. The lowest BCUT2D eigenvalue weighted by atomic mass is 10.0. The van der Waals surface area contributed by atoms with Gasteiger partial charge in [-0.25, -0.2) is 27.2 Å². The van der Waals surface area contributed by atoms with E-state index in [1.807, 2.05) is 0 Å². The average molecular weight is 493 g/mol. The number of nitrogens with zero attached hydrogens (tertiary/aromatic N) is 2. The van der Waals surface area contributed by atoms with Gasteiger partial charge in [0.25, 0.3) is 10.0 Å². The van der Waals surface area contributed by atoms with Crippen molar-refractivity contribution < 1.29 is 22.0 Å². The summed E-state index contributed by atoms with van der Waals surface area (Å²) >= 11 is 6.15. The molecule has 1 aromatic carbocycles. The summed E-state index contributed by atoms with van der Waals surface area (Å²) in [4.78, 5) is 18.8. The maximum atomic E-state index is 14.1. The highest BCUT2D eigenvalue weighted by molar-refractivity contribution is 7.92. The minimum absolute atomic E-state index is 0.0258. The van der Waals surface area contributed by atoms with Crippen molar-refractivity contribution in [2.75, 3.05) is 16.6 Å². The van der Waals surface area contributed by atoms with Crippen molar-refractivity contribution in [1.82, 2.24) is 9.97 Å². The van der Waals surface area contributed by atoms with Crippen molar-refractivity contribution in [2.45, 2.75) is 24.7 Å². The third-order valence-corrected chi connectivity index (χ3v) is 7.22. The number of halogens is 3. The lowest BCUT2D eigenvalue weighted by molar-refractivity contribution is -0.111. The molecule has 1 fully saturated rings. The predicted octanol–water partition coefficient (Wildman–Crippen LogP) is 4.58. The first-order chi connectivity index (χ1) is 15.6. The third kappa shape index (κ3) is 4.81. The molecule has 0 amide bonds. The Morgan fingerprint density at radius 2 is 1.94 bits per heavy atom. The van der Waals surface area contributed by atoms with Crippen LogP contribution in [0.2, 0.25) is 5.15 Å². The monoisotopic (exact) mass is 492 g/mol. The molecule has 0 atom stereocenters. The van der Waals surface area contributed by atoms with Gasteiger partial charge in [-0.2, -0.15) is 0 Å². The van der Waals surface area contributed by atoms with Crippen LogP contribution in [0.15, 0.2) is 47.6 Å². The lowest BCUT2D eigenvalue weighted by Crippen LogP contribution is -2.17. The van der Waals surface area contributed by atoms with Crippen molar-refractivity contribution in [3.05, 3.63) is 65.1 Å². The molecule has 1 aliphatic rings. The summed E-state index contributed by atoms with van der Waals surface area (Å²) in [6, 6.07) is 5.63. The Morgan fingerprint density at radius 1 is 1.18 bits per heavy atom. The summed E-state index contributed by atoms with van der Waals surface area (Å²) in [6.07, 6.45) is 5.69. The smallest absolute Gasteiger partial charge is 0.264 e. The fraction of sp³-hybridized carbons (Fsp3) is 0.227. The lowest BCUT2D eigenvalue weighted by Gasteiger charge is -2.16. The van der Waals surface area contributed by atoms with E-state index in [1.54, 1.807) is 25.3 Å². The van der Waals surface area contributed by atoms with Crippen LogP contribution in [0.1, 0.15) is 18.4 Å². The fourth-order valence-corrected chi connectivity index (χ4v) is 4.81. The van der Waals surface area contributed by atoms with E-state index in [9.17, 15) is 22.0 Å². The van der Waals surface area contributed by atoms with Gasteiger partial charge in [0.05, 0.1) is 5.69 Å². The molecule has 0 spiro atoms. The summed E-state index contributed by atoms with van der Waals surface area (Å²) in [5, 5.41) is 3.02. The van der Waals surface area contributed by atoms with Crippen LogP contribution in [-0.4, -0.2) is 31.2 Å². The summed E-state index contributed by atoms with van der Waals surface area (Å²) in [5.74, 6) is -1.58. The Bertz CT molecular complexity index is 1350. The van der Waals surface area contributed by atoms with Gasteiger partial charge in [-0.15, -0.1) is 0 Å². The van der Waals surface area contributed by atoms with E-state index in [0.717, 1.165) is 31.3 Å². The van der Waals surface area contributed by atoms with Crippen LogP contribution in [-0.2, 0) is 14.8 Å². The van der Waals surface area contributed by atoms with Crippen molar-refractivity contribution in [2.24, 2.45) is 5.41 Å². The predicted molar refractivity (Wildman–Crippen MR) is 121 cm³/mol. The number of nitrogens with one attached hydrogen (secondary N) is 2. The molecule has 0 unspecified atom stereocenters. The van der Waals surface area contributed by atoms with Crippen molar-refractivity contribution >= 4 is 39.4 Å². The minimum Gasteiger partial charge on any atom is -0.369 e. The summed E-state index contributed by atoms with van der Waals surface area (Å²) in [5.41, 5.74) is 1.33. The molecule has 33 heavy (non-hydrogen) atoms. The van der Waals surface area contributed by atoms with Gasteiger partial charge in [0.1, 0.15) is 28.6 Å². The molecule has 11 heteroatoms. The highest BCUT2D eigenvalue weighted by atomic mass is 35.5. The van der Waals surface area contributed by atoms with E-state index in [-0.39, 0.29) is 16.3 Å². The van der Waals surface area contributed by atoms with Crippen LogP contribution in [0.4, 0.5) is 20.3 Å². The zero-order valence-electron chi connectivity index (χ0n) is 17.4. The molecule has 3 aromatic rings. The number of aromatic nitrogens is 2. The Morgan fingerprint density at radius 3 is 2.61 bits per heavy atom. The second kappa shape index (κ2) is 8.68. The van der Waals surface area contributed by atoms with E-state index in [2.05, 4.69) is 20.0 Å². The van der Waals surface area contributed by atoms with E-state index in [0.29, 0.717) is 35.1 Å². The average Bonchev–Trinajstić information content (AvgIpc) is 3.56. The number of anilines is 2. The number of pyridine rings is 2. The van der Waals surface area contributed by atoms with Crippen LogP contribution in [0.5, 0.6) is 0 Å². The molecule has 172 valence electrons. The quantitative estimate of drug-likeness (QED) is 0.353. The van der Waals surface area contributed by atoms with Gasteiger partial charge in [-0.1, -0.05) is 11.6 Å². The van der Waals surface area contributed by atoms with Crippen molar-refractivity contribution in [3.8, 4) is 11.1 Å². The maximum Gasteiger partial charge on any atom is 0.264 e. The summed E-state index contributed by atoms with van der Waals surface area (Å²) < 4.78 is 55.0. The van der Waals surface area contributed by atoms with Gasteiger partial charge in [0.2, 0.25) is 0 Å². The third-order valence-electron chi connectivity index (χ3n) is 5.55. The molecule has 2 N–H and O–H groups in total. The first-order valence-corrected chi connectivity index (χ1v) is 11.8. The topological polar surface area (TPSA) is 101 Å². The molecule has 4 rings (SSSR count). The summed E-state index contributed by atoms with van der Waals surface area (Å²) in [7, 11) is -4.41. The number of hydrogen-bond donors (Lipinski definition) is 2. The Labute approximate surface area is 194 Å². The number of hydrogen-bond acceptors (Lipinski definition) is 6. The largest absolute Gasteiger partial charge is 0.369 e. The second-order valence-electron chi connectivity index (χ2n) is 7.91. The normalized spacial score (nSPS) is 14.5. The van der Waals surface area contributed by atoms with Crippen molar-refractivity contribution in [3.63, 3.8) is 0 Å². The zero-order chi connectivity index (χ0) is 23.8. The minimum atomic E-state index is -4.41. The number of aldehydes is 1.